The Balaban J connectivity index is 3.41. The molecule has 0 atom stereocenters. The van der Waals surface area contributed by atoms with E-state index < -0.39 is 24.3 Å². The summed E-state index contributed by atoms with van der Waals surface area (Å²) >= 11 is 0. The second-order valence-electron chi connectivity index (χ2n) is 2.60. The summed E-state index contributed by atoms with van der Waals surface area (Å²) in [5.74, 6) is 0. The lowest BCUT2D eigenvalue weighted by atomic mass is 10.3. The highest BCUT2D eigenvalue weighted by Gasteiger charge is 2.37. The van der Waals surface area contributed by atoms with Crippen LogP contribution in [0.5, 0.6) is 0 Å². The van der Waals surface area contributed by atoms with E-state index in [9.17, 15) is 16.8 Å². The summed E-state index contributed by atoms with van der Waals surface area (Å²) in [4.78, 5) is 0. The average Bonchev–Trinajstić information content (AvgIpc) is 2.00. The number of hydrogen-bond donors (Lipinski definition) is 3. The van der Waals surface area contributed by atoms with Crippen LogP contribution in [-0.4, -0.2) is 25.9 Å². The molecule has 3 N–H and O–H groups in total. The Morgan fingerprint density at radius 1 is 0.867 bits per heavy atom. The lowest BCUT2D eigenvalue weighted by molar-refractivity contribution is -0.545. The van der Waals surface area contributed by atoms with Crippen LogP contribution in [-0.2, 0) is 20.6 Å². The van der Waals surface area contributed by atoms with Crippen LogP contribution in [0.2, 0.25) is 0 Å². The zero-order valence-electron chi connectivity index (χ0n) is 7.23. The van der Waals surface area contributed by atoms with E-state index in [1.165, 1.54) is 18.2 Å². The maximum Gasteiger partial charge on any atom is 0.453 e. The Bertz CT molecular complexity index is 502. The fraction of sp³-hybridized carbons (Fsp3) is 0. The highest BCUT2D eigenvalue weighted by Crippen LogP contribution is 2.00. The lowest BCUT2D eigenvalue weighted by Crippen LogP contribution is -3.11. The van der Waals surface area contributed by atoms with Gasteiger partial charge < -0.3 is 0 Å². The van der Waals surface area contributed by atoms with Crippen molar-refractivity contribution in [2.24, 2.45) is 0 Å². The summed E-state index contributed by atoms with van der Waals surface area (Å²) in [6, 6.07) is 6.53. The number of hydrogen-bond acceptors (Lipinski definition) is 4. The van der Waals surface area contributed by atoms with Gasteiger partial charge in [-0.05, 0) is 3.71 Å². The summed E-state index contributed by atoms with van der Waals surface area (Å²) in [6.07, 6.45) is 0. The molecule has 1 aromatic rings. The Morgan fingerprint density at radius 2 is 1.27 bits per heavy atom. The number of quaternary nitrogens is 1. The fourth-order valence-corrected chi connectivity index (χ4v) is 2.94. The SMILES string of the molecule is O=S(=O)(O)[NH+](c1ccccc1)S(=O)(=O)O. The van der Waals surface area contributed by atoms with Crippen molar-refractivity contribution in [3.63, 3.8) is 0 Å². The lowest BCUT2D eigenvalue weighted by Gasteiger charge is -2.09. The summed E-state index contributed by atoms with van der Waals surface area (Å²) in [5.41, 5.74) is -0.303. The zero-order chi connectivity index (χ0) is 11.7. The van der Waals surface area contributed by atoms with Crippen LogP contribution in [0.15, 0.2) is 30.3 Å². The van der Waals surface area contributed by atoms with Crippen molar-refractivity contribution in [2.75, 3.05) is 0 Å². The van der Waals surface area contributed by atoms with Crippen molar-refractivity contribution in [2.45, 2.75) is 0 Å². The molecule has 0 aliphatic heterocycles. The van der Waals surface area contributed by atoms with Gasteiger partial charge >= 0.3 is 20.6 Å². The Kier molecular flexibility index (Phi) is 3.11. The Morgan fingerprint density at radius 3 is 1.60 bits per heavy atom. The van der Waals surface area contributed by atoms with Gasteiger partial charge in [0.15, 0.2) is 5.69 Å². The first-order valence-electron chi connectivity index (χ1n) is 3.60. The van der Waals surface area contributed by atoms with Crippen molar-refractivity contribution in [1.29, 1.82) is 0 Å². The normalized spacial score (nSPS) is 13.0. The number of rotatable bonds is 3. The molecule has 0 radical (unpaired) electrons. The maximum absolute atomic E-state index is 10.8. The third-order valence-corrected chi connectivity index (χ3v) is 4.15. The number of benzene rings is 1. The first kappa shape index (κ1) is 12.1. The van der Waals surface area contributed by atoms with E-state index in [-0.39, 0.29) is 5.69 Å². The largest absolute Gasteiger partial charge is 0.453 e. The molecule has 0 aliphatic rings. The quantitative estimate of drug-likeness (QED) is 0.584. The van der Waals surface area contributed by atoms with Crippen molar-refractivity contribution in [3.05, 3.63) is 30.3 Å². The van der Waals surface area contributed by atoms with E-state index >= 15 is 0 Å². The van der Waals surface area contributed by atoms with Crippen LogP contribution in [0.4, 0.5) is 5.69 Å². The summed E-state index contributed by atoms with van der Waals surface area (Å²) in [7, 11) is -9.99. The minimum Gasteiger partial charge on any atom is -0.240 e. The topological polar surface area (TPSA) is 113 Å². The first-order chi connectivity index (χ1) is 6.73. The van der Waals surface area contributed by atoms with Gasteiger partial charge in [-0.1, -0.05) is 18.2 Å². The zero-order valence-corrected chi connectivity index (χ0v) is 8.86. The van der Waals surface area contributed by atoms with E-state index in [2.05, 4.69) is 0 Å². The van der Waals surface area contributed by atoms with E-state index in [1.807, 2.05) is 0 Å². The molecular formula is C6H8NO6S2+. The van der Waals surface area contributed by atoms with E-state index in [0.29, 0.717) is 0 Å². The molecule has 9 heteroatoms. The fourth-order valence-electron chi connectivity index (χ4n) is 1.01. The molecule has 0 saturated heterocycles. The maximum atomic E-state index is 10.8. The minimum absolute atomic E-state index is 0.303. The molecule has 15 heavy (non-hydrogen) atoms. The van der Waals surface area contributed by atoms with Crippen LogP contribution in [0.3, 0.4) is 0 Å². The molecule has 0 unspecified atom stereocenters. The van der Waals surface area contributed by atoms with E-state index in [1.54, 1.807) is 0 Å². The molecular weight excluding hydrogens is 246 g/mol. The van der Waals surface area contributed by atoms with E-state index in [4.69, 9.17) is 9.11 Å². The standard InChI is InChI=1S/C6H7NO6S2/c8-14(9,10)7(15(11,12)13)6-4-2-1-3-5-6/h1-5H,(H,8,9,10)(H,11,12,13)/p+1. The van der Waals surface area contributed by atoms with Crippen LogP contribution in [0.1, 0.15) is 0 Å². The summed E-state index contributed by atoms with van der Waals surface area (Å²) < 4.78 is 58.9. The second kappa shape index (κ2) is 3.87. The molecule has 0 fully saturated rings. The van der Waals surface area contributed by atoms with Crippen molar-refractivity contribution in [3.8, 4) is 0 Å². The van der Waals surface area contributed by atoms with Gasteiger partial charge in [-0.25, -0.2) is 9.11 Å². The second-order valence-corrected chi connectivity index (χ2v) is 5.58. The highest BCUT2D eigenvalue weighted by atomic mass is 32.3. The van der Waals surface area contributed by atoms with Gasteiger partial charge in [-0.3, -0.25) is 0 Å². The Hall–Kier alpha value is -1.00. The van der Waals surface area contributed by atoms with Crippen LogP contribution in [0, 0.1) is 0 Å². The Labute approximate surface area is 86.7 Å². The van der Waals surface area contributed by atoms with E-state index in [0.717, 1.165) is 12.1 Å². The molecule has 1 aromatic carbocycles. The summed E-state index contributed by atoms with van der Waals surface area (Å²) in [5, 5.41) is 0. The summed E-state index contributed by atoms with van der Waals surface area (Å²) in [6.45, 7) is 0. The molecule has 7 nitrogen and oxygen atoms in total. The van der Waals surface area contributed by atoms with Gasteiger partial charge in [0.2, 0.25) is 0 Å². The monoisotopic (exact) mass is 254 g/mol. The predicted molar refractivity (Wildman–Crippen MR) is 50.2 cm³/mol. The molecule has 0 amide bonds. The van der Waals surface area contributed by atoms with Crippen LogP contribution >= 0.6 is 0 Å². The van der Waals surface area contributed by atoms with Crippen LogP contribution in [0.25, 0.3) is 0 Å². The van der Waals surface area contributed by atoms with Gasteiger partial charge in [0, 0.05) is 12.1 Å². The van der Waals surface area contributed by atoms with Gasteiger partial charge in [0.05, 0.1) is 0 Å². The number of nitrogens with one attached hydrogen (secondary N) is 1. The molecule has 1 rings (SSSR count). The third kappa shape index (κ3) is 2.97. The first-order valence-corrected chi connectivity index (χ1v) is 6.48. The minimum atomic E-state index is -5.00. The predicted octanol–water partition coefficient (Wildman–Crippen LogP) is -1.19. The molecule has 0 aliphatic carbocycles. The van der Waals surface area contributed by atoms with Gasteiger partial charge in [-0.15, -0.1) is 16.8 Å². The molecule has 84 valence electrons. The molecule has 0 bridgehead atoms. The van der Waals surface area contributed by atoms with Gasteiger partial charge in [0.1, 0.15) is 0 Å². The molecule has 0 heterocycles. The average molecular weight is 254 g/mol. The molecule has 0 spiro atoms. The van der Waals surface area contributed by atoms with Crippen molar-refractivity contribution in [1.82, 2.24) is 0 Å². The molecule has 0 aromatic heterocycles. The van der Waals surface area contributed by atoms with Crippen molar-refractivity contribution >= 4 is 26.3 Å². The van der Waals surface area contributed by atoms with Gasteiger partial charge in [-0.2, -0.15) is 0 Å². The van der Waals surface area contributed by atoms with Crippen LogP contribution < -0.4 is 3.71 Å². The third-order valence-electron chi connectivity index (χ3n) is 1.48. The van der Waals surface area contributed by atoms with Gasteiger partial charge in [0.25, 0.3) is 0 Å². The molecule has 0 saturated carbocycles. The van der Waals surface area contributed by atoms with Crippen molar-refractivity contribution < 1.29 is 29.7 Å². The highest BCUT2D eigenvalue weighted by molar-refractivity contribution is 7.91. The smallest absolute Gasteiger partial charge is 0.240 e.